The molecule has 0 saturated heterocycles. The Labute approximate surface area is 138 Å². The molecule has 0 radical (unpaired) electrons. The lowest BCUT2D eigenvalue weighted by molar-refractivity contribution is -0.114. The van der Waals surface area contributed by atoms with Gasteiger partial charge in [0.1, 0.15) is 12.4 Å². The predicted octanol–water partition coefficient (Wildman–Crippen LogP) is 2.71. The van der Waals surface area contributed by atoms with Crippen molar-refractivity contribution in [2.24, 2.45) is 5.92 Å². The van der Waals surface area contributed by atoms with E-state index in [1.807, 2.05) is 6.07 Å². The molecule has 128 valence electrons. The van der Waals surface area contributed by atoms with Gasteiger partial charge in [0.05, 0.1) is 6.54 Å². The number of benzene rings is 1. The van der Waals surface area contributed by atoms with Gasteiger partial charge in [-0.1, -0.05) is 26.3 Å². The average molecular weight is 321 g/mol. The molecule has 23 heavy (non-hydrogen) atoms. The first kappa shape index (κ1) is 18.8. The second-order valence-electron chi connectivity index (χ2n) is 5.68. The minimum atomic E-state index is -0.126. The van der Waals surface area contributed by atoms with Crippen LogP contribution in [0.25, 0.3) is 0 Å². The molecule has 0 aliphatic carbocycles. The molecule has 6 nitrogen and oxygen atoms in total. The molecule has 1 aromatic carbocycles. The van der Waals surface area contributed by atoms with Crippen molar-refractivity contribution in [1.29, 1.82) is 0 Å². The van der Waals surface area contributed by atoms with E-state index in [-0.39, 0.29) is 11.9 Å². The van der Waals surface area contributed by atoms with Gasteiger partial charge in [-0.2, -0.15) is 0 Å². The molecule has 6 heteroatoms. The monoisotopic (exact) mass is 321 g/mol. The number of amides is 3. The van der Waals surface area contributed by atoms with Gasteiger partial charge in [-0.3, -0.25) is 4.79 Å². The molecule has 0 aliphatic heterocycles. The molecule has 3 amide bonds. The van der Waals surface area contributed by atoms with Crippen LogP contribution in [-0.2, 0) is 4.79 Å². The molecule has 1 rings (SSSR count). The number of rotatable bonds is 8. The second kappa shape index (κ2) is 9.71. The van der Waals surface area contributed by atoms with Gasteiger partial charge in [-0.25, -0.2) is 4.79 Å². The first-order chi connectivity index (χ1) is 10.9. The Morgan fingerprint density at radius 2 is 2.09 bits per heavy atom. The van der Waals surface area contributed by atoms with Crippen molar-refractivity contribution in [3.05, 3.63) is 24.3 Å². The molecule has 0 saturated carbocycles. The Kier molecular flexibility index (Phi) is 7.94. The molecular formula is C17H27N3O3. The van der Waals surface area contributed by atoms with E-state index in [1.54, 1.807) is 30.1 Å². The quantitative estimate of drug-likeness (QED) is 0.723. The van der Waals surface area contributed by atoms with Crippen LogP contribution in [0, 0.1) is 5.92 Å². The summed E-state index contributed by atoms with van der Waals surface area (Å²) >= 11 is 0. The van der Waals surface area contributed by atoms with Crippen LogP contribution in [-0.4, -0.2) is 43.6 Å². The summed E-state index contributed by atoms with van der Waals surface area (Å²) in [6.07, 6.45) is 1.05. The van der Waals surface area contributed by atoms with Gasteiger partial charge in [0, 0.05) is 32.3 Å². The zero-order valence-electron chi connectivity index (χ0n) is 14.4. The van der Waals surface area contributed by atoms with E-state index < -0.39 is 0 Å². The molecular weight excluding hydrogens is 294 g/mol. The van der Waals surface area contributed by atoms with E-state index in [9.17, 15) is 9.59 Å². The van der Waals surface area contributed by atoms with Gasteiger partial charge in [-0.05, 0) is 18.1 Å². The predicted molar refractivity (Wildman–Crippen MR) is 91.7 cm³/mol. The summed E-state index contributed by atoms with van der Waals surface area (Å²) < 4.78 is 5.58. The Hall–Kier alpha value is -2.24. The van der Waals surface area contributed by atoms with E-state index in [0.29, 0.717) is 30.5 Å². The zero-order valence-corrected chi connectivity index (χ0v) is 14.4. The SMILES string of the molecule is CC[C@H](C)CN(C)C(=O)NCCOc1cccc(NC(C)=O)c1. The van der Waals surface area contributed by atoms with Crippen molar-refractivity contribution in [2.75, 3.05) is 32.1 Å². The lowest BCUT2D eigenvalue weighted by Crippen LogP contribution is -2.41. The number of ether oxygens (including phenoxy) is 1. The number of anilines is 1. The van der Waals surface area contributed by atoms with Gasteiger partial charge in [-0.15, -0.1) is 0 Å². The Morgan fingerprint density at radius 3 is 2.74 bits per heavy atom. The number of carbonyl (C=O) groups excluding carboxylic acids is 2. The number of urea groups is 1. The van der Waals surface area contributed by atoms with Crippen molar-refractivity contribution in [1.82, 2.24) is 10.2 Å². The summed E-state index contributed by atoms with van der Waals surface area (Å²) in [5.74, 6) is 1.01. The second-order valence-corrected chi connectivity index (χ2v) is 5.68. The molecule has 0 bridgehead atoms. The van der Waals surface area contributed by atoms with Crippen LogP contribution >= 0.6 is 0 Å². The largest absolute Gasteiger partial charge is 0.492 e. The maximum Gasteiger partial charge on any atom is 0.317 e. The number of carbonyl (C=O) groups is 2. The third-order valence-electron chi connectivity index (χ3n) is 3.43. The zero-order chi connectivity index (χ0) is 17.2. The first-order valence-electron chi connectivity index (χ1n) is 7.91. The van der Waals surface area contributed by atoms with Gasteiger partial charge < -0.3 is 20.3 Å². The number of hydrogen-bond acceptors (Lipinski definition) is 3. The molecule has 0 unspecified atom stereocenters. The molecule has 0 fully saturated rings. The van der Waals surface area contributed by atoms with Crippen LogP contribution in [0.3, 0.4) is 0 Å². The van der Waals surface area contributed by atoms with E-state index in [2.05, 4.69) is 24.5 Å². The van der Waals surface area contributed by atoms with E-state index in [4.69, 9.17) is 4.74 Å². The van der Waals surface area contributed by atoms with Crippen LogP contribution in [0.4, 0.5) is 10.5 Å². The molecule has 1 aromatic rings. The Balaban J connectivity index is 2.31. The molecule has 0 aromatic heterocycles. The fraction of sp³-hybridized carbons (Fsp3) is 0.529. The third kappa shape index (κ3) is 7.54. The lowest BCUT2D eigenvalue weighted by atomic mass is 10.1. The van der Waals surface area contributed by atoms with E-state index >= 15 is 0 Å². The van der Waals surface area contributed by atoms with Gasteiger partial charge in [0.2, 0.25) is 5.91 Å². The number of nitrogens with zero attached hydrogens (tertiary/aromatic N) is 1. The van der Waals surface area contributed by atoms with Crippen molar-refractivity contribution >= 4 is 17.6 Å². The summed E-state index contributed by atoms with van der Waals surface area (Å²) in [4.78, 5) is 24.6. The topological polar surface area (TPSA) is 70.7 Å². The van der Waals surface area contributed by atoms with Crippen molar-refractivity contribution in [3.8, 4) is 5.75 Å². The maximum absolute atomic E-state index is 11.9. The van der Waals surface area contributed by atoms with E-state index in [0.717, 1.165) is 13.0 Å². The molecule has 0 spiro atoms. The van der Waals surface area contributed by atoms with Gasteiger partial charge >= 0.3 is 6.03 Å². The summed E-state index contributed by atoms with van der Waals surface area (Å²) in [6.45, 7) is 7.22. The summed E-state index contributed by atoms with van der Waals surface area (Å²) in [5, 5.41) is 5.52. The highest BCUT2D eigenvalue weighted by atomic mass is 16.5. The highest BCUT2D eigenvalue weighted by Gasteiger charge is 2.10. The van der Waals surface area contributed by atoms with Crippen LogP contribution in [0.5, 0.6) is 5.75 Å². The van der Waals surface area contributed by atoms with E-state index in [1.165, 1.54) is 6.92 Å². The first-order valence-corrected chi connectivity index (χ1v) is 7.91. The smallest absolute Gasteiger partial charge is 0.317 e. The minimum absolute atomic E-state index is 0.0964. The highest BCUT2D eigenvalue weighted by molar-refractivity contribution is 5.88. The summed E-state index contributed by atoms with van der Waals surface area (Å²) in [7, 11) is 1.79. The highest BCUT2D eigenvalue weighted by Crippen LogP contribution is 2.17. The number of nitrogens with one attached hydrogen (secondary N) is 2. The standard InChI is InChI=1S/C17H27N3O3/c1-5-13(2)12-20(4)17(22)18-9-10-23-16-8-6-7-15(11-16)19-14(3)21/h6-8,11,13H,5,9-10,12H2,1-4H3,(H,18,22)(H,19,21)/t13-/m0/s1. The molecule has 0 aliphatic rings. The normalized spacial score (nSPS) is 11.5. The van der Waals surface area contributed by atoms with Gasteiger partial charge in [0.25, 0.3) is 0 Å². The molecule has 2 N–H and O–H groups in total. The summed E-state index contributed by atoms with van der Waals surface area (Å²) in [6, 6.07) is 7.06. The van der Waals surface area contributed by atoms with Crippen molar-refractivity contribution in [2.45, 2.75) is 27.2 Å². The Bertz CT molecular complexity index is 520. The van der Waals surface area contributed by atoms with Crippen molar-refractivity contribution < 1.29 is 14.3 Å². The fourth-order valence-electron chi connectivity index (χ4n) is 2.01. The van der Waals surface area contributed by atoms with Crippen molar-refractivity contribution in [3.63, 3.8) is 0 Å². The Morgan fingerprint density at radius 1 is 1.35 bits per heavy atom. The minimum Gasteiger partial charge on any atom is -0.492 e. The third-order valence-corrected chi connectivity index (χ3v) is 3.43. The average Bonchev–Trinajstić information content (AvgIpc) is 2.50. The summed E-state index contributed by atoms with van der Waals surface area (Å²) in [5.41, 5.74) is 0.687. The van der Waals surface area contributed by atoms with Crippen LogP contribution in [0.1, 0.15) is 27.2 Å². The number of hydrogen-bond donors (Lipinski definition) is 2. The van der Waals surface area contributed by atoms with Gasteiger partial charge in [0.15, 0.2) is 0 Å². The molecule has 0 heterocycles. The maximum atomic E-state index is 11.9. The molecule has 1 atom stereocenters. The fourth-order valence-corrected chi connectivity index (χ4v) is 2.01. The van der Waals surface area contributed by atoms with Crippen LogP contribution in [0.2, 0.25) is 0 Å². The van der Waals surface area contributed by atoms with Crippen LogP contribution < -0.4 is 15.4 Å². The van der Waals surface area contributed by atoms with Crippen LogP contribution in [0.15, 0.2) is 24.3 Å². The lowest BCUT2D eigenvalue weighted by Gasteiger charge is -2.21.